The number of nitrogens with zero attached hydrogens (tertiary/aromatic N) is 1. The van der Waals surface area contributed by atoms with Gasteiger partial charge in [0, 0.05) is 13.2 Å². The van der Waals surface area contributed by atoms with Crippen LogP contribution in [0, 0.1) is 0 Å². The fraction of sp³-hybridized carbons (Fsp3) is 0.818. The van der Waals surface area contributed by atoms with Crippen LogP contribution < -0.4 is 5.32 Å². The standard InChI is InChI=1S/C11H18N2O3/c1-8-11(15)13(7-10(14)12-8)5-4-9-3-2-6-16-9/h8-9H,2-7H2,1H3,(H,12,14). The van der Waals surface area contributed by atoms with Crippen LogP contribution in [-0.4, -0.2) is 48.6 Å². The molecule has 2 aliphatic heterocycles. The predicted molar refractivity (Wildman–Crippen MR) is 57.8 cm³/mol. The van der Waals surface area contributed by atoms with E-state index in [2.05, 4.69) is 5.32 Å². The molecule has 0 aliphatic carbocycles. The van der Waals surface area contributed by atoms with E-state index in [9.17, 15) is 9.59 Å². The van der Waals surface area contributed by atoms with E-state index in [4.69, 9.17) is 4.74 Å². The van der Waals surface area contributed by atoms with Crippen molar-refractivity contribution in [2.75, 3.05) is 19.7 Å². The maximum absolute atomic E-state index is 11.7. The third-order valence-corrected chi connectivity index (χ3v) is 3.14. The van der Waals surface area contributed by atoms with Crippen molar-refractivity contribution in [3.05, 3.63) is 0 Å². The summed E-state index contributed by atoms with van der Waals surface area (Å²) in [7, 11) is 0. The van der Waals surface area contributed by atoms with Gasteiger partial charge in [-0.05, 0) is 26.2 Å². The van der Waals surface area contributed by atoms with Crippen molar-refractivity contribution in [2.24, 2.45) is 0 Å². The van der Waals surface area contributed by atoms with Crippen molar-refractivity contribution in [1.29, 1.82) is 0 Å². The highest BCUT2D eigenvalue weighted by molar-refractivity contribution is 5.94. The van der Waals surface area contributed by atoms with Crippen LogP contribution in [-0.2, 0) is 14.3 Å². The predicted octanol–water partition coefficient (Wildman–Crippen LogP) is -0.0976. The number of nitrogens with one attached hydrogen (secondary N) is 1. The molecule has 1 N–H and O–H groups in total. The molecule has 2 saturated heterocycles. The second kappa shape index (κ2) is 4.82. The fourth-order valence-corrected chi connectivity index (χ4v) is 2.24. The van der Waals surface area contributed by atoms with Gasteiger partial charge < -0.3 is 15.0 Å². The summed E-state index contributed by atoms with van der Waals surface area (Å²) < 4.78 is 5.49. The number of ether oxygens (including phenoxy) is 1. The Hall–Kier alpha value is -1.10. The molecule has 0 aromatic rings. The fourth-order valence-electron chi connectivity index (χ4n) is 2.24. The Kier molecular flexibility index (Phi) is 3.43. The summed E-state index contributed by atoms with van der Waals surface area (Å²) in [6.07, 6.45) is 3.29. The smallest absolute Gasteiger partial charge is 0.245 e. The Balaban J connectivity index is 1.82. The quantitative estimate of drug-likeness (QED) is 0.731. The van der Waals surface area contributed by atoms with Gasteiger partial charge in [0.1, 0.15) is 6.04 Å². The van der Waals surface area contributed by atoms with Crippen LogP contribution in [0.2, 0.25) is 0 Å². The van der Waals surface area contributed by atoms with Crippen LogP contribution in [0.25, 0.3) is 0 Å². The van der Waals surface area contributed by atoms with Crippen molar-refractivity contribution < 1.29 is 14.3 Å². The zero-order chi connectivity index (χ0) is 11.5. The average molecular weight is 226 g/mol. The molecule has 2 atom stereocenters. The van der Waals surface area contributed by atoms with Gasteiger partial charge in [0.2, 0.25) is 11.8 Å². The van der Waals surface area contributed by atoms with Crippen molar-refractivity contribution in [1.82, 2.24) is 10.2 Å². The topological polar surface area (TPSA) is 58.6 Å². The molecule has 0 saturated carbocycles. The molecule has 90 valence electrons. The summed E-state index contributed by atoms with van der Waals surface area (Å²) in [6.45, 7) is 3.37. The lowest BCUT2D eigenvalue weighted by molar-refractivity contribution is -0.144. The minimum absolute atomic E-state index is 0.0117. The van der Waals surface area contributed by atoms with Crippen molar-refractivity contribution in [2.45, 2.75) is 38.3 Å². The number of carbonyl (C=O) groups excluding carboxylic acids is 2. The van der Waals surface area contributed by atoms with Crippen LogP contribution in [0.3, 0.4) is 0 Å². The first kappa shape index (κ1) is 11.4. The molecule has 2 rings (SSSR count). The minimum atomic E-state index is -0.384. The van der Waals surface area contributed by atoms with E-state index in [1.807, 2.05) is 0 Å². The van der Waals surface area contributed by atoms with Crippen LogP contribution in [0.1, 0.15) is 26.2 Å². The molecule has 0 aromatic carbocycles. The summed E-state index contributed by atoms with van der Waals surface area (Å²) in [5.74, 6) is -0.0583. The number of hydrogen-bond donors (Lipinski definition) is 1. The third-order valence-electron chi connectivity index (χ3n) is 3.14. The molecule has 2 unspecified atom stereocenters. The maximum atomic E-state index is 11.7. The molecule has 2 fully saturated rings. The van der Waals surface area contributed by atoms with Gasteiger partial charge >= 0.3 is 0 Å². The lowest BCUT2D eigenvalue weighted by Crippen LogP contribution is -2.57. The normalized spacial score (nSPS) is 30.7. The Labute approximate surface area is 95.1 Å². The molecule has 0 aromatic heterocycles. The van der Waals surface area contributed by atoms with Crippen LogP contribution in [0.5, 0.6) is 0 Å². The van der Waals surface area contributed by atoms with Gasteiger partial charge in [-0.2, -0.15) is 0 Å². The van der Waals surface area contributed by atoms with E-state index < -0.39 is 0 Å². The highest BCUT2D eigenvalue weighted by atomic mass is 16.5. The van der Waals surface area contributed by atoms with E-state index in [1.165, 1.54) is 0 Å². The van der Waals surface area contributed by atoms with E-state index in [0.29, 0.717) is 6.54 Å². The van der Waals surface area contributed by atoms with Crippen LogP contribution >= 0.6 is 0 Å². The number of amides is 2. The van der Waals surface area contributed by atoms with Gasteiger partial charge in [-0.3, -0.25) is 9.59 Å². The maximum Gasteiger partial charge on any atom is 0.245 e. The summed E-state index contributed by atoms with van der Waals surface area (Å²) in [6, 6.07) is -0.384. The first-order valence-corrected chi connectivity index (χ1v) is 5.86. The van der Waals surface area contributed by atoms with E-state index in [-0.39, 0.29) is 30.5 Å². The third kappa shape index (κ3) is 2.52. The second-order valence-corrected chi connectivity index (χ2v) is 4.47. The number of piperazine rings is 1. The molecule has 0 spiro atoms. The first-order chi connectivity index (χ1) is 7.66. The highest BCUT2D eigenvalue weighted by Crippen LogP contribution is 2.16. The average Bonchev–Trinajstić information content (AvgIpc) is 2.74. The van der Waals surface area contributed by atoms with Gasteiger partial charge in [-0.1, -0.05) is 0 Å². The Morgan fingerprint density at radius 1 is 1.50 bits per heavy atom. The van der Waals surface area contributed by atoms with Gasteiger partial charge in [0.25, 0.3) is 0 Å². The minimum Gasteiger partial charge on any atom is -0.378 e. The van der Waals surface area contributed by atoms with Crippen LogP contribution in [0.4, 0.5) is 0 Å². The molecule has 0 radical (unpaired) electrons. The van der Waals surface area contributed by atoms with Gasteiger partial charge in [-0.15, -0.1) is 0 Å². The lowest BCUT2D eigenvalue weighted by Gasteiger charge is -2.31. The van der Waals surface area contributed by atoms with Crippen molar-refractivity contribution in [3.63, 3.8) is 0 Å². The summed E-state index contributed by atoms with van der Waals surface area (Å²) in [5.41, 5.74) is 0. The largest absolute Gasteiger partial charge is 0.378 e. The van der Waals surface area contributed by atoms with E-state index in [0.717, 1.165) is 25.9 Å². The Morgan fingerprint density at radius 2 is 2.31 bits per heavy atom. The van der Waals surface area contributed by atoms with E-state index in [1.54, 1.807) is 11.8 Å². The summed E-state index contributed by atoms with van der Waals surface area (Å²) >= 11 is 0. The Morgan fingerprint density at radius 3 is 3.00 bits per heavy atom. The molecule has 5 nitrogen and oxygen atoms in total. The van der Waals surface area contributed by atoms with E-state index >= 15 is 0 Å². The van der Waals surface area contributed by atoms with Crippen molar-refractivity contribution >= 4 is 11.8 Å². The molecule has 0 bridgehead atoms. The molecule has 2 heterocycles. The first-order valence-electron chi connectivity index (χ1n) is 5.86. The van der Waals surface area contributed by atoms with Gasteiger partial charge in [0.05, 0.1) is 12.6 Å². The highest BCUT2D eigenvalue weighted by Gasteiger charge is 2.29. The molecular formula is C11H18N2O3. The number of rotatable bonds is 3. The number of hydrogen-bond acceptors (Lipinski definition) is 3. The summed E-state index contributed by atoms with van der Waals surface area (Å²) in [4.78, 5) is 24.7. The second-order valence-electron chi connectivity index (χ2n) is 4.47. The lowest BCUT2D eigenvalue weighted by atomic mass is 10.1. The van der Waals surface area contributed by atoms with Gasteiger partial charge in [0.15, 0.2) is 0 Å². The van der Waals surface area contributed by atoms with Crippen LogP contribution in [0.15, 0.2) is 0 Å². The number of carbonyl (C=O) groups is 2. The molecule has 2 amide bonds. The molecule has 5 heteroatoms. The van der Waals surface area contributed by atoms with Gasteiger partial charge in [-0.25, -0.2) is 0 Å². The molecule has 2 aliphatic rings. The zero-order valence-corrected chi connectivity index (χ0v) is 9.57. The van der Waals surface area contributed by atoms with Crippen molar-refractivity contribution in [3.8, 4) is 0 Å². The monoisotopic (exact) mass is 226 g/mol. The SMILES string of the molecule is CC1NC(=O)CN(CCC2CCCO2)C1=O. The molecule has 16 heavy (non-hydrogen) atoms. The zero-order valence-electron chi connectivity index (χ0n) is 9.57. The molecular weight excluding hydrogens is 208 g/mol. The summed E-state index contributed by atoms with van der Waals surface area (Å²) in [5, 5.41) is 2.63. The Bertz CT molecular complexity index is 287.